The molecule has 0 aliphatic heterocycles. The minimum Gasteiger partial charge on any atom is -0.497 e. The number of thiazole rings is 1. The van der Waals surface area contributed by atoms with E-state index in [1.807, 2.05) is 31.2 Å². The number of aromatic nitrogens is 1. The van der Waals surface area contributed by atoms with Gasteiger partial charge in [-0.05, 0) is 31.2 Å². The smallest absolute Gasteiger partial charge is 0.121 e. The molecule has 0 unspecified atom stereocenters. The number of hydrogen-bond acceptors (Lipinski definition) is 5. The van der Waals surface area contributed by atoms with Gasteiger partial charge in [0.05, 0.1) is 12.8 Å². The van der Waals surface area contributed by atoms with Gasteiger partial charge in [-0.15, -0.1) is 11.3 Å². The zero-order valence-corrected chi connectivity index (χ0v) is 10.6. The van der Waals surface area contributed by atoms with Gasteiger partial charge in [-0.25, -0.2) is 10.9 Å². The Morgan fingerprint density at radius 3 is 2.59 bits per heavy atom. The van der Waals surface area contributed by atoms with Crippen LogP contribution in [0.4, 0.5) is 0 Å². The van der Waals surface area contributed by atoms with Crippen LogP contribution in [0.15, 0.2) is 24.3 Å². The second-order valence-corrected chi connectivity index (χ2v) is 4.84. The zero-order valence-electron chi connectivity index (χ0n) is 9.77. The normalized spacial score (nSPS) is 10.5. The number of aryl methyl sites for hydroxylation is 1. The van der Waals surface area contributed by atoms with Gasteiger partial charge in [0.2, 0.25) is 0 Å². The molecule has 1 aromatic carbocycles. The van der Waals surface area contributed by atoms with Gasteiger partial charge < -0.3 is 4.74 Å². The Bertz CT molecular complexity index is 494. The van der Waals surface area contributed by atoms with Crippen LogP contribution in [-0.4, -0.2) is 12.1 Å². The lowest BCUT2D eigenvalue weighted by Gasteiger charge is -2.01. The number of ether oxygens (including phenoxy) is 1. The third-order valence-corrected chi connectivity index (χ3v) is 3.36. The highest BCUT2D eigenvalue weighted by atomic mass is 32.1. The summed E-state index contributed by atoms with van der Waals surface area (Å²) < 4.78 is 5.12. The molecule has 0 radical (unpaired) electrons. The molecule has 2 N–H and O–H groups in total. The van der Waals surface area contributed by atoms with Crippen LogP contribution in [0.1, 0.15) is 9.88 Å². The summed E-state index contributed by atoms with van der Waals surface area (Å²) in [6.07, 6.45) is 0. The van der Waals surface area contributed by atoms with Gasteiger partial charge in [-0.1, -0.05) is 0 Å². The van der Waals surface area contributed by atoms with E-state index < -0.39 is 0 Å². The van der Waals surface area contributed by atoms with Gasteiger partial charge in [-0.2, -0.15) is 0 Å². The van der Waals surface area contributed by atoms with E-state index in [0.29, 0.717) is 6.61 Å². The second-order valence-electron chi connectivity index (χ2n) is 3.55. The molecule has 90 valence electrons. The van der Waals surface area contributed by atoms with Crippen LogP contribution in [0, 0.1) is 6.92 Å². The maximum atomic E-state index is 5.12. The Balaban J connectivity index is 2.31. The van der Waals surface area contributed by atoms with Crippen molar-refractivity contribution in [2.45, 2.75) is 13.5 Å². The summed E-state index contributed by atoms with van der Waals surface area (Å²) in [6.45, 7) is 2.39. The van der Waals surface area contributed by atoms with Gasteiger partial charge in [0, 0.05) is 10.4 Å². The highest BCUT2D eigenvalue weighted by Crippen LogP contribution is 2.28. The van der Waals surface area contributed by atoms with Crippen LogP contribution in [0.5, 0.6) is 5.75 Å². The fraction of sp³-hybridized carbons (Fsp3) is 0.250. The first-order valence-electron chi connectivity index (χ1n) is 5.17. The zero-order chi connectivity index (χ0) is 12.3. The lowest BCUT2D eigenvalue weighted by molar-refractivity contribution is 0.124. The minimum absolute atomic E-state index is 0.349. The topological polar surface area (TPSA) is 57.4 Å². The molecule has 2 rings (SSSR count). The first-order chi connectivity index (χ1) is 8.24. The number of methoxy groups -OCH3 is 1. The SMILES string of the molecule is COc1ccc(-c2nc(CON)sc2C)cc1. The van der Waals surface area contributed by atoms with E-state index in [2.05, 4.69) is 9.82 Å². The lowest BCUT2D eigenvalue weighted by atomic mass is 10.1. The average Bonchev–Trinajstić information content (AvgIpc) is 2.71. The molecule has 0 spiro atoms. The molecular weight excluding hydrogens is 236 g/mol. The molecule has 2 aromatic rings. The first-order valence-corrected chi connectivity index (χ1v) is 5.98. The summed E-state index contributed by atoms with van der Waals surface area (Å²) in [5.41, 5.74) is 2.05. The Morgan fingerprint density at radius 1 is 1.29 bits per heavy atom. The summed E-state index contributed by atoms with van der Waals surface area (Å²) in [7, 11) is 1.65. The van der Waals surface area contributed by atoms with Crippen LogP contribution in [0.2, 0.25) is 0 Å². The van der Waals surface area contributed by atoms with Crippen molar-refractivity contribution in [3.8, 4) is 17.0 Å². The highest BCUT2D eigenvalue weighted by molar-refractivity contribution is 7.12. The van der Waals surface area contributed by atoms with Gasteiger partial charge in [-0.3, -0.25) is 4.84 Å². The van der Waals surface area contributed by atoms with E-state index in [0.717, 1.165) is 26.9 Å². The maximum Gasteiger partial charge on any atom is 0.121 e. The van der Waals surface area contributed by atoms with Crippen molar-refractivity contribution in [2.24, 2.45) is 5.90 Å². The minimum atomic E-state index is 0.349. The van der Waals surface area contributed by atoms with Crippen molar-refractivity contribution in [3.05, 3.63) is 34.2 Å². The molecule has 5 heteroatoms. The van der Waals surface area contributed by atoms with E-state index in [1.165, 1.54) is 0 Å². The van der Waals surface area contributed by atoms with Crippen molar-refractivity contribution in [3.63, 3.8) is 0 Å². The number of hydrogen-bond donors (Lipinski definition) is 1. The molecule has 0 amide bonds. The van der Waals surface area contributed by atoms with E-state index in [4.69, 9.17) is 10.6 Å². The van der Waals surface area contributed by atoms with E-state index in [-0.39, 0.29) is 0 Å². The second kappa shape index (κ2) is 5.27. The molecule has 0 aliphatic carbocycles. The summed E-state index contributed by atoms with van der Waals surface area (Å²) >= 11 is 1.60. The molecule has 0 atom stereocenters. The van der Waals surface area contributed by atoms with Gasteiger partial charge in [0.25, 0.3) is 0 Å². The van der Waals surface area contributed by atoms with Crippen molar-refractivity contribution < 1.29 is 9.57 Å². The first kappa shape index (κ1) is 12.0. The van der Waals surface area contributed by atoms with Gasteiger partial charge in [0.1, 0.15) is 17.4 Å². The number of benzene rings is 1. The van der Waals surface area contributed by atoms with Crippen LogP contribution in [-0.2, 0) is 11.4 Å². The highest BCUT2D eigenvalue weighted by Gasteiger charge is 2.09. The monoisotopic (exact) mass is 250 g/mol. The third kappa shape index (κ3) is 2.63. The summed E-state index contributed by atoms with van der Waals surface area (Å²) in [4.78, 5) is 10.2. The average molecular weight is 250 g/mol. The van der Waals surface area contributed by atoms with E-state index in [1.54, 1.807) is 18.4 Å². The molecule has 1 heterocycles. The van der Waals surface area contributed by atoms with Crippen molar-refractivity contribution in [2.75, 3.05) is 7.11 Å². The summed E-state index contributed by atoms with van der Waals surface area (Å²) in [5.74, 6) is 5.89. The van der Waals surface area contributed by atoms with Gasteiger partial charge in [0.15, 0.2) is 0 Å². The predicted molar refractivity (Wildman–Crippen MR) is 67.8 cm³/mol. The van der Waals surface area contributed by atoms with Crippen LogP contribution in [0.25, 0.3) is 11.3 Å². The van der Waals surface area contributed by atoms with Crippen LogP contribution >= 0.6 is 11.3 Å². The Kier molecular flexibility index (Phi) is 3.73. The third-order valence-electron chi connectivity index (χ3n) is 2.41. The molecule has 0 bridgehead atoms. The lowest BCUT2D eigenvalue weighted by Crippen LogP contribution is -1.98. The molecule has 17 heavy (non-hydrogen) atoms. The largest absolute Gasteiger partial charge is 0.497 e. The molecule has 1 aromatic heterocycles. The maximum absolute atomic E-state index is 5.12. The summed E-state index contributed by atoms with van der Waals surface area (Å²) in [6, 6.07) is 7.84. The van der Waals surface area contributed by atoms with Gasteiger partial charge >= 0.3 is 0 Å². The van der Waals surface area contributed by atoms with Crippen molar-refractivity contribution in [1.82, 2.24) is 4.98 Å². The molecule has 0 saturated heterocycles. The summed E-state index contributed by atoms with van der Waals surface area (Å²) in [5, 5.41) is 0.885. The van der Waals surface area contributed by atoms with Crippen molar-refractivity contribution >= 4 is 11.3 Å². The molecule has 0 saturated carbocycles. The predicted octanol–water partition coefficient (Wildman–Crippen LogP) is 2.52. The number of rotatable bonds is 4. The Labute approximate surface area is 104 Å². The quantitative estimate of drug-likeness (QED) is 0.847. The number of nitrogens with zero attached hydrogens (tertiary/aromatic N) is 1. The molecule has 0 fully saturated rings. The molecule has 4 nitrogen and oxygen atoms in total. The fourth-order valence-electron chi connectivity index (χ4n) is 1.60. The standard InChI is InChI=1S/C12H14N2O2S/c1-8-12(14-11(17-8)7-16-13)9-3-5-10(15-2)6-4-9/h3-6H,7,13H2,1-2H3. The van der Waals surface area contributed by atoms with E-state index >= 15 is 0 Å². The number of nitrogens with two attached hydrogens (primary N) is 1. The fourth-order valence-corrected chi connectivity index (χ4v) is 2.48. The Hall–Kier alpha value is -1.43. The van der Waals surface area contributed by atoms with Crippen molar-refractivity contribution in [1.29, 1.82) is 0 Å². The Morgan fingerprint density at radius 2 is 2.00 bits per heavy atom. The van der Waals surface area contributed by atoms with E-state index in [9.17, 15) is 0 Å². The molecule has 0 aliphatic rings. The molecular formula is C12H14N2O2S. The van der Waals surface area contributed by atoms with Crippen LogP contribution < -0.4 is 10.6 Å². The van der Waals surface area contributed by atoms with Crippen LogP contribution in [0.3, 0.4) is 0 Å².